The van der Waals surface area contributed by atoms with E-state index in [1.807, 2.05) is 67.7 Å². The van der Waals surface area contributed by atoms with E-state index in [9.17, 15) is 0 Å². The van der Waals surface area contributed by atoms with Crippen LogP contribution in [-0.2, 0) is 0 Å². The lowest BCUT2D eigenvalue weighted by Crippen LogP contribution is -2.24. The Morgan fingerprint density at radius 1 is 0.944 bits per heavy atom. The number of hydrazine groups is 1. The van der Waals surface area contributed by atoms with Crippen molar-refractivity contribution in [2.45, 2.75) is 0 Å². The van der Waals surface area contributed by atoms with Crippen LogP contribution < -0.4 is 16.6 Å². The van der Waals surface area contributed by atoms with Crippen molar-refractivity contribution in [2.75, 3.05) is 12.1 Å². The molecule has 0 aliphatic rings. The van der Waals surface area contributed by atoms with E-state index in [0.717, 1.165) is 11.3 Å². The number of nitrogens with one attached hydrogen (secondary N) is 1. The van der Waals surface area contributed by atoms with Gasteiger partial charge in [-0.3, -0.25) is 5.41 Å². The van der Waals surface area contributed by atoms with Gasteiger partial charge in [0.15, 0.2) is 0 Å². The highest BCUT2D eigenvalue weighted by molar-refractivity contribution is 5.94. The maximum atomic E-state index is 7.01. The van der Waals surface area contributed by atoms with Gasteiger partial charge in [-0.05, 0) is 12.1 Å². The van der Waals surface area contributed by atoms with Crippen LogP contribution in [0.2, 0.25) is 0 Å². The Kier molecular flexibility index (Phi) is 5.41. The number of nitrogens with zero attached hydrogens (tertiary/aromatic N) is 1. The standard InChI is InChI=1S/C7H10N2.C7H8N2/c1-9(8)7-5-3-2-4-6-7;8-7(9)6-4-2-1-3-5-6/h2-6H,8H2,1H3;1-5H,(H3,8,9). The van der Waals surface area contributed by atoms with Crippen LogP contribution in [-0.4, -0.2) is 12.9 Å². The number of rotatable bonds is 2. The average molecular weight is 242 g/mol. The van der Waals surface area contributed by atoms with Gasteiger partial charge in [-0.15, -0.1) is 0 Å². The first kappa shape index (κ1) is 13.7. The number of amidine groups is 1. The first-order valence-electron chi connectivity index (χ1n) is 5.54. The number of hydrogen-bond donors (Lipinski definition) is 3. The average Bonchev–Trinajstić information content (AvgIpc) is 2.41. The van der Waals surface area contributed by atoms with E-state index < -0.39 is 0 Å². The normalized spacial score (nSPS) is 9.00. The van der Waals surface area contributed by atoms with Crippen LogP contribution in [0.25, 0.3) is 0 Å². The summed E-state index contributed by atoms with van der Waals surface area (Å²) in [7, 11) is 1.81. The first-order chi connectivity index (χ1) is 8.61. The van der Waals surface area contributed by atoms with Crippen molar-refractivity contribution in [1.82, 2.24) is 0 Å². The van der Waals surface area contributed by atoms with E-state index in [1.54, 1.807) is 5.01 Å². The van der Waals surface area contributed by atoms with Gasteiger partial charge in [0, 0.05) is 12.6 Å². The fourth-order valence-electron chi connectivity index (χ4n) is 1.28. The van der Waals surface area contributed by atoms with Gasteiger partial charge in [0.1, 0.15) is 5.84 Å². The van der Waals surface area contributed by atoms with E-state index in [-0.39, 0.29) is 5.84 Å². The SMILES string of the molecule is CN(N)c1ccccc1.N=C(N)c1ccccc1. The van der Waals surface area contributed by atoms with E-state index >= 15 is 0 Å². The molecule has 0 radical (unpaired) electrons. The molecule has 2 aromatic carbocycles. The summed E-state index contributed by atoms with van der Waals surface area (Å²) in [5.74, 6) is 5.57. The fourth-order valence-corrected chi connectivity index (χ4v) is 1.28. The van der Waals surface area contributed by atoms with Crippen LogP contribution in [0.3, 0.4) is 0 Å². The Labute approximate surface area is 107 Å². The summed E-state index contributed by atoms with van der Waals surface area (Å²) in [6, 6.07) is 19.0. The highest BCUT2D eigenvalue weighted by Gasteiger charge is 1.89. The largest absolute Gasteiger partial charge is 0.384 e. The first-order valence-corrected chi connectivity index (χ1v) is 5.54. The monoisotopic (exact) mass is 242 g/mol. The molecule has 18 heavy (non-hydrogen) atoms. The van der Waals surface area contributed by atoms with Crippen molar-refractivity contribution in [2.24, 2.45) is 11.6 Å². The molecule has 0 aliphatic heterocycles. The molecule has 4 nitrogen and oxygen atoms in total. The fraction of sp³-hybridized carbons (Fsp3) is 0.0714. The minimum absolute atomic E-state index is 0.121. The number of anilines is 1. The molecule has 0 fully saturated rings. The van der Waals surface area contributed by atoms with Crippen LogP contribution in [0.1, 0.15) is 5.56 Å². The van der Waals surface area contributed by atoms with Crippen LogP contribution in [0.15, 0.2) is 60.7 Å². The Hall–Kier alpha value is -2.33. The van der Waals surface area contributed by atoms with Crippen molar-refractivity contribution < 1.29 is 0 Å². The van der Waals surface area contributed by atoms with Crippen LogP contribution in [0.4, 0.5) is 5.69 Å². The molecule has 5 N–H and O–H groups in total. The molecule has 0 atom stereocenters. The quantitative estimate of drug-likeness (QED) is 0.326. The third kappa shape index (κ3) is 4.67. The van der Waals surface area contributed by atoms with Crippen LogP contribution in [0.5, 0.6) is 0 Å². The molecule has 0 saturated carbocycles. The summed E-state index contributed by atoms with van der Waals surface area (Å²) >= 11 is 0. The topological polar surface area (TPSA) is 79.1 Å². The molecular weight excluding hydrogens is 224 g/mol. The summed E-state index contributed by atoms with van der Waals surface area (Å²) in [4.78, 5) is 0. The summed E-state index contributed by atoms with van der Waals surface area (Å²) < 4.78 is 0. The summed E-state index contributed by atoms with van der Waals surface area (Å²) in [5.41, 5.74) is 7.00. The lowest BCUT2D eigenvalue weighted by molar-refractivity contribution is 1.02. The van der Waals surface area contributed by atoms with Gasteiger partial charge in [0.25, 0.3) is 0 Å². The predicted molar refractivity (Wildman–Crippen MR) is 76.5 cm³/mol. The second-order valence-electron chi connectivity index (χ2n) is 3.73. The van der Waals surface area contributed by atoms with E-state index in [0.29, 0.717) is 0 Å². The zero-order valence-electron chi connectivity index (χ0n) is 10.4. The molecule has 2 aromatic rings. The van der Waals surface area contributed by atoms with Crippen LogP contribution in [0, 0.1) is 5.41 Å². The molecule has 0 aliphatic carbocycles. The third-order valence-electron chi connectivity index (χ3n) is 2.25. The van der Waals surface area contributed by atoms with Gasteiger partial charge in [0.05, 0.1) is 5.69 Å². The molecule has 0 bridgehead atoms. The maximum Gasteiger partial charge on any atom is 0.122 e. The zero-order chi connectivity index (χ0) is 13.4. The van der Waals surface area contributed by atoms with E-state index in [1.165, 1.54) is 0 Å². The van der Waals surface area contributed by atoms with E-state index in [4.69, 9.17) is 17.0 Å². The van der Waals surface area contributed by atoms with Crippen molar-refractivity contribution in [3.63, 3.8) is 0 Å². The van der Waals surface area contributed by atoms with Gasteiger partial charge in [0.2, 0.25) is 0 Å². The van der Waals surface area contributed by atoms with Crippen LogP contribution >= 0.6 is 0 Å². The minimum atomic E-state index is 0.121. The van der Waals surface area contributed by atoms with Crippen molar-refractivity contribution in [1.29, 1.82) is 5.41 Å². The van der Waals surface area contributed by atoms with Crippen molar-refractivity contribution in [3.05, 3.63) is 66.2 Å². The number of nitrogens with two attached hydrogens (primary N) is 2. The lowest BCUT2D eigenvalue weighted by Gasteiger charge is -2.09. The molecular formula is C14H18N4. The molecule has 0 saturated heterocycles. The maximum absolute atomic E-state index is 7.01. The van der Waals surface area contributed by atoms with Crippen molar-refractivity contribution >= 4 is 11.5 Å². The number of nitrogen functional groups attached to an aromatic ring is 1. The Balaban J connectivity index is 0.000000180. The summed E-state index contributed by atoms with van der Waals surface area (Å²) in [5, 5.41) is 8.60. The van der Waals surface area contributed by atoms with Gasteiger partial charge in [-0.2, -0.15) is 0 Å². The molecule has 0 spiro atoms. The van der Waals surface area contributed by atoms with Gasteiger partial charge in [-0.25, -0.2) is 5.84 Å². The molecule has 0 heterocycles. The molecule has 0 amide bonds. The zero-order valence-corrected chi connectivity index (χ0v) is 10.4. The number of para-hydroxylation sites is 1. The lowest BCUT2D eigenvalue weighted by atomic mass is 10.2. The highest BCUT2D eigenvalue weighted by atomic mass is 15.4. The molecule has 94 valence electrons. The Morgan fingerprint density at radius 2 is 1.39 bits per heavy atom. The molecule has 2 rings (SSSR count). The second-order valence-corrected chi connectivity index (χ2v) is 3.73. The Bertz CT molecular complexity index is 466. The van der Waals surface area contributed by atoms with Gasteiger partial charge < -0.3 is 10.7 Å². The number of benzene rings is 2. The third-order valence-corrected chi connectivity index (χ3v) is 2.25. The van der Waals surface area contributed by atoms with E-state index in [2.05, 4.69) is 0 Å². The number of hydrogen-bond acceptors (Lipinski definition) is 3. The van der Waals surface area contributed by atoms with Gasteiger partial charge >= 0.3 is 0 Å². The molecule has 4 heteroatoms. The smallest absolute Gasteiger partial charge is 0.122 e. The van der Waals surface area contributed by atoms with Crippen molar-refractivity contribution in [3.8, 4) is 0 Å². The highest BCUT2D eigenvalue weighted by Crippen LogP contribution is 2.05. The molecule has 0 aromatic heterocycles. The minimum Gasteiger partial charge on any atom is -0.384 e. The second kappa shape index (κ2) is 7.09. The summed E-state index contributed by atoms with van der Waals surface area (Å²) in [6.45, 7) is 0. The van der Waals surface area contributed by atoms with Gasteiger partial charge in [-0.1, -0.05) is 48.5 Å². The summed E-state index contributed by atoms with van der Waals surface area (Å²) in [6.07, 6.45) is 0. The predicted octanol–water partition coefficient (Wildman–Crippen LogP) is 1.97. The molecule has 0 unspecified atom stereocenters. The Morgan fingerprint density at radius 3 is 1.67 bits per heavy atom.